The van der Waals surface area contributed by atoms with Crippen molar-refractivity contribution in [2.24, 2.45) is 5.92 Å². The van der Waals surface area contributed by atoms with Crippen molar-refractivity contribution in [2.45, 2.75) is 32.5 Å². The molecule has 3 aromatic heterocycles. The number of pyridine rings is 1. The van der Waals surface area contributed by atoms with Crippen molar-refractivity contribution in [3.8, 4) is 11.4 Å². The van der Waals surface area contributed by atoms with Crippen LogP contribution in [-0.2, 0) is 19.6 Å². The van der Waals surface area contributed by atoms with Crippen molar-refractivity contribution in [1.82, 2.24) is 24.2 Å². The molecule has 0 unspecified atom stereocenters. The summed E-state index contributed by atoms with van der Waals surface area (Å²) >= 11 is 5.84. The number of nitrogens with zero attached hydrogens (tertiary/aromatic N) is 5. The summed E-state index contributed by atoms with van der Waals surface area (Å²) in [5.41, 5.74) is 2.44. The molecule has 4 aromatic rings. The number of benzene rings is 1. The van der Waals surface area contributed by atoms with Gasteiger partial charge in [0.2, 0.25) is 0 Å². The van der Waals surface area contributed by atoms with Crippen molar-refractivity contribution in [1.29, 1.82) is 0 Å². The van der Waals surface area contributed by atoms with E-state index in [0.29, 0.717) is 18.0 Å². The van der Waals surface area contributed by atoms with Gasteiger partial charge in [-0.1, -0.05) is 30.3 Å². The standard InChI is InChI=1S/C25H27N5OS/c32-25-29(18-23-7-4-16-31-23)24(22-8-12-26-13-9-22)27-30(25)19-28-14-10-21(11-15-28)17-20-5-2-1-3-6-20/h1-9,12-13,16,21H,10-11,14-15,17-19H2. The Morgan fingerprint density at radius 2 is 1.75 bits per heavy atom. The third kappa shape index (κ3) is 4.74. The molecular formula is C25H27N5OS. The average Bonchev–Trinajstić information content (AvgIpc) is 3.46. The number of piperidine rings is 1. The number of hydrogen-bond donors (Lipinski definition) is 0. The molecule has 32 heavy (non-hydrogen) atoms. The summed E-state index contributed by atoms with van der Waals surface area (Å²) in [6.45, 7) is 3.40. The van der Waals surface area contributed by atoms with Gasteiger partial charge < -0.3 is 4.42 Å². The first kappa shape index (κ1) is 20.8. The molecule has 0 aliphatic carbocycles. The van der Waals surface area contributed by atoms with Gasteiger partial charge in [-0.3, -0.25) is 14.5 Å². The van der Waals surface area contributed by atoms with Gasteiger partial charge in [-0.2, -0.15) is 5.10 Å². The number of rotatable bonds is 7. The molecule has 6 nitrogen and oxygen atoms in total. The number of hydrogen-bond acceptors (Lipinski definition) is 5. The van der Waals surface area contributed by atoms with Crippen LogP contribution in [0.3, 0.4) is 0 Å². The SMILES string of the molecule is S=c1n(CN2CCC(Cc3ccccc3)CC2)nc(-c2ccncc2)n1Cc1ccco1. The lowest BCUT2D eigenvalue weighted by atomic mass is 9.90. The zero-order valence-electron chi connectivity index (χ0n) is 18.0. The molecule has 0 saturated carbocycles. The zero-order valence-corrected chi connectivity index (χ0v) is 18.8. The van der Waals surface area contributed by atoms with Crippen molar-refractivity contribution in [2.75, 3.05) is 13.1 Å². The second-order valence-corrected chi connectivity index (χ2v) is 8.76. The molecule has 1 aliphatic rings. The normalized spacial score (nSPS) is 15.2. The Balaban J connectivity index is 1.31. The van der Waals surface area contributed by atoms with Crippen LogP contribution in [0.4, 0.5) is 0 Å². The fourth-order valence-corrected chi connectivity index (χ4v) is 4.67. The van der Waals surface area contributed by atoms with Gasteiger partial charge in [0.15, 0.2) is 10.6 Å². The minimum Gasteiger partial charge on any atom is -0.467 e. The maximum absolute atomic E-state index is 5.84. The highest BCUT2D eigenvalue weighted by atomic mass is 32.1. The summed E-state index contributed by atoms with van der Waals surface area (Å²) < 4.78 is 10.3. The Kier molecular flexibility index (Phi) is 6.27. The summed E-state index contributed by atoms with van der Waals surface area (Å²) in [5.74, 6) is 2.44. The topological polar surface area (TPSA) is 52.0 Å². The second kappa shape index (κ2) is 9.63. The van der Waals surface area contributed by atoms with E-state index in [1.165, 1.54) is 18.4 Å². The van der Waals surface area contributed by atoms with Gasteiger partial charge in [0, 0.05) is 31.0 Å². The van der Waals surface area contributed by atoms with E-state index in [0.717, 1.165) is 42.6 Å². The lowest BCUT2D eigenvalue weighted by Gasteiger charge is -2.31. The second-order valence-electron chi connectivity index (χ2n) is 8.40. The lowest BCUT2D eigenvalue weighted by Crippen LogP contribution is -2.36. The molecule has 0 atom stereocenters. The predicted octanol–water partition coefficient (Wildman–Crippen LogP) is 5.03. The van der Waals surface area contributed by atoms with Gasteiger partial charge in [0.05, 0.1) is 19.5 Å². The van der Waals surface area contributed by atoms with Crippen LogP contribution >= 0.6 is 12.2 Å². The van der Waals surface area contributed by atoms with Crippen LogP contribution in [0.5, 0.6) is 0 Å². The number of likely N-dealkylation sites (tertiary alicyclic amines) is 1. The van der Waals surface area contributed by atoms with E-state index < -0.39 is 0 Å². The van der Waals surface area contributed by atoms with Crippen LogP contribution in [0.25, 0.3) is 11.4 Å². The first-order valence-electron chi connectivity index (χ1n) is 11.1. The molecule has 0 amide bonds. The molecule has 0 bridgehead atoms. The van der Waals surface area contributed by atoms with E-state index in [1.54, 1.807) is 18.7 Å². The first-order chi connectivity index (χ1) is 15.8. The van der Waals surface area contributed by atoms with Crippen LogP contribution in [0, 0.1) is 10.7 Å². The highest BCUT2D eigenvalue weighted by Gasteiger charge is 2.21. The van der Waals surface area contributed by atoms with Crippen LogP contribution in [0.1, 0.15) is 24.2 Å². The fourth-order valence-electron chi connectivity index (χ4n) is 4.42. The van der Waals surface area contributed by atoms with E-state index in [4.69, 9.17) is 21.7 Å². The molecule has 5 rings (SSSR count). The summed E-state index contributed by atoms with van der Waals surface area (Å²) in [5, 5.41) is 4.91. The molecule has 1 aromatic carbocycles. The molecule has 1 fully saturated rings. The smallest absolute Gasteiger partial charge is 0.199 e. The largest absolute Gasteiger partial charge is 0.467 e. The van der Waals surface area contributed by atoms with E-state index in [1.807, 2.05) is 33.5 Å². The van der Waals surface area contributed by atoms with Crippen LogP contribution < -0.4 is 0 Å². The van der Waals surface area contributed by atoms with Gasteiger partial charge in [0.1, 0.15) is 5.76 Å². The van der Waals surface area contributed by atoms with Crippen LogP contribution in [-0.4, -0.2) is 37.3 Å². The third-order valence-electron chi connectivity index (χ3n) is 6.16. The van der Waals surface area contributed by atoms with Gasteiger partial charge in [0.25, 0.3) is 0 Å². The van der Waals surface area contributed by atoms with E-state index in [-0.39, 0.29) is 0 Å². The van der Waals surface area contributed by atoms with Crippen molar-refractivity contribution >= 4 is 12.2 Å². The number of furan rings is 1. The summed E-state index contributed by atoms with van der Waals surface area (Å²) in [4.78, 5) is 6.60. The van der Waals surface area contributed by atoms with Crippen molar-refractivity contribution < 1.29 is 4.42 Å². The Morgan fingerprint density at radius 1 is 0.969 bits per heavy atom. The monoisotopic (exact) mass is 445 g/mol. The molecule has 1 aliphatic heterocycles. The molecule has 7 heteroatoms. The minimum absolute atomic E-state index is 0.558. The predicted molar refractivity (Wildman–Crippen MR) is 127 cm³/mol. The third-order valence-corrected chi connectivity index (χ3v) is 6.59. The molecule has 0 radical (unpaired) electrons. The van der Waals surface area contributed by atoms with Gasteiger partial charge in [-0.25, -0.2) is 4.68 Å². The van der Waals surface area contributed by atoms with Gasteiger partial charge in [-0.05, 0) is 67.2 Å². The fraction of sp³-hybridized carbons (Fsp3) is 0.320. The van der Waals surface area contributed by atoms with Crippen molar-refractivity contribution in [3.63, 3.8) is 0 Å². The number of aromatic nitrogens is 4. The Hall–Kier alpha value is -3.03. The van der Waals surface area contributed by atoms with Crippen LogP contribution in [0.2, 0.25) is 0 Å². The Labute approximate surface area is 193 Å². The molecular weight excluding hydrogens is 418 g/mol. The summed E-state index contributed by atoms with van der Waals surface area (Å²) in [6.07, 6.45) is 8.82. The Bertz CT molecular complexity index is 1180. The van der Waals surface area contributed by atoms with Crippen LogP contribution in [0.15, 0.2) is 77.7 Å². The van der Waals surface area contributed by atoms with Gasteiger partial charge in [-0.15, -0.1) is 0 Å². The van der Waals surface area contributed by atoms with Gasteiger partial charge >= 0.3 is 0 Å². The molecule has 4 heterocycles. The summed E-state index contributed by atoms with van der Waals surface area (Å²) in [7, 11) is 0. The zero-order chi connectivity index (χ0) is 21.8. The van der Waals surface area contributed by atoms with E-state index in [2.05, 4.69) is 40.2 Å². The molecule has 1 saturated heterocycles. The highest BCUT2D eigenvalue weighted by molar-refractivity contribution is 7.71. The quantitative estimate of drug-likeness (QED) is 0.374. The van der Waals surface area contributed by atoms with E-state index >= 15 is 0 Å². The molecule has 0 spiro atoms. The average molecular weight is 446 g/mol. The first-order valence-corrected chi connectivity index (χ1v) is 11.5. The lowest BCUT2D eigenvalue weighted by molar-refractivity contribution is 0.140. The van der Waals surface area contributed by atoms with Crippen molar-refractivity contribution in [3.05, 3.63) is 89.3 Å². The maximum Gasteiger partial charge on any atom is 0.199 e. The summed E-state index contributed by atoms with van der Waals surface area (Å²) in [6, 6.07) is 18.6. The highest BCUT2D eigenvalue weighted by Crippen LogP contribution is 2.23. The minimum atomic E-state index is 0.558. The molecule has 0 N–H and O–H groups in total. The van der Waals surface area contributed by atoms with E-state index in [9.17, 15) is 0 Å². The Morgan fingerprint density at radius 3 is 2.47 bits per heavy atom. The maximum atomic E-state index is 5.84. The molecule has 164 valence electrons.